The molecule has 2 fully saturated rings. The number of hydrogen-bond donors (Lipinski definition) is 1. The van der Waals surface area contributed by atoms with E-state index < -0.39 is 5.60 Å². The number of ether oxygens (including phenoxy) is 3. The number of carbonyl (C=O) groups excluding carboxylic acids is 1. The fraction of sp³-hybridized carbons (Fsp3) is 0.652. The molecule has 4 rings (SSSR count). The van der Waals surface area contributed by atoms with E-state index in [4.69, 9.17) is 31.5 Å². The third-order valence-electron chi connectivity index (χ3n) is 6.01. The molecule has 0 saturated carbocycles. The summed E-state index contributed by atoms with van der Waals surface area (Å²) < 4.78 is 17.2. The van der Waals surface area contributed by atoms with Crippen LogP contribution in [0, 0.1) is 5.92 Å². The van der Waals surface area contributed by atoms with Gasteiger partial charge in [-0.3, -0.25) is 0 Å². The predicted molar refractivity (Wildman–Crippen MR) is 120 cm³/mol. The smallest absolute Gasteiger partial charge is 0.410 e. The van der Waals surface area contributed by atoms with Crippen LogP contribution in [0.1, 0.15) is 57.9 Å². The minimum absolute atomic E-state index is 0.00853. The van der Waals surface area contributed by atoms with Gasteiger partial charge in [-0.25, -0.2) is 9.79 Å². The summed E-state index contributed by atoms with van der Waals surface area (Å²) in [7, 11) is 0. The van der Waals surface area contributed by atoms with Gasteiger partial charge in [-0.1, -0.05) is 18.0 Å². The van der Waals surface area contributed by atoms with Crippen molar-refractivity contribution in [1.82, 2.24) is 4.90 Å². The van der Waals surface area contributed by atoms with Crippen molar-refractivity contribution in [2.75, 3.05) is 26.3 Å². The largest absolute Gasteiger partial charge is 0.486 e. The normalized spacial score (nSPS) is 26.3. The molecule has 3 aliphatic heterocycles. The first-order valence-corrected chi connectivity index (χ1v) is 11.5. The van der Waals surface area contributed by atoms with Gasteiger partial charge in [0, 0.05) is 31.0 Å². The van der Waals surface area contributed by atoms with Crippen LogP contribution in [-0.2, 0) is 9.47 Å². The number of benzene rings is 1. The molecule has 3 aliphatic rings. The van der Waals surface area contributed by atoms with E-state index in [0.29, 0.717) is 42.9 Å². The molecule has 3 atom stereocenters. The molecule has 1 aromatic carbocycles. The summed E-state index contributed by atoms with van der Waals surface area (Å²) in [6.45, 7) is 8.17. The summed E-state index contributed by atoms with van der Waals surface area (Å²) in [6, 6.07) is 3.78. The Bertz CT molecular complexity index is 861. The maximum Gasteiger partial charge on any atom is 0.410 e. The number of amidine groups is 1. The van der Waals surface area contributed by atoms with Gasteiger partial charge in [-0.15, -0.1) is 0 Å². The molecule has 7 nitrogen and oxygen atoms in total. The second-order valence-corrected chi connectivity index (χ2v) is 9.99. The molecule has 8 heteroatoms. The van der Waals surface area contributed by atoms with E-state index in [2.05, 4.69) is 4.99 Å². The van der Waals surface area contributed by atoms with Crippen LogP contribution in [-0.4, -0.2) is 54.8 Å². The number of nitrogens with two attached hydrogens (primary N) is 1. The third kappa shape index (κ3) is 4.93. The molecule has 0 aliphatic carbocycles. The van der Waals surface area contributed by atoms with Crippen LogP contribution >= 0.6 is 11.6 Å². The highest BCUT2D eigenvalue weighted by Crippen LogP contribution is 2.48. The second-order valence-electron chi connectivity index (χ2n) is 9.61. The Labute approximate surface area is 188 Å². The lowest BCUT2D eigenvalue weighted by Crippen LogP contribution is -2.41. The van der Waals surface area contributed by atoms with Gasteiger partial charge in [0.2, 0.25) is 0 Å². The summed E-state index contributed by atoms with van der Waals surface area (Å²) in [5, 5.41) is 0.562. The standard InChI is InChI=1S/C23H32ClN3O4/c1-23(2,3)31-22(28)27-10-5-4-6-14(12-27)18-19-16(26-21(18)25)7-8-17(20(19)24)30-15-9-11-29-13-15/h7-8,14-15,18H,4-6,9-13H2,1-3H3,(H2,25,26)/t14-,15-,18?/m1/s1. The Morgan fingerprint density at radius 1 is 1.29 bits per heavy atom. The number of rotatable bonds is 3. The van der Waals surface area contributed by atoms with Crippen molar-refractivity contribution in [1.29, 1.82) is 0 Å². The van der Waals surface area contributed by atoms with Crippen molar-refractivity contribution in [3.8, 4) is 5.75 Å². The van der Waals surface area contributed by atoms with Crippen LogP contribution in [0.2, 0.25) is 5.02 Å². The Balaban J connectivity index is 1.58. The van der Waals surface area contributed by atoms with Crippen LogP contribution in [0.3, 0.4) is 0 Å². The zero-order valence-electron chi connectivity index (χ0n) is 18.5. The van der Waals surface area contributed by atoms with Gasteiger partial charge in [-0.05, 0) is 51.7 Å². The van der Waals surface area contributed by atoms with E-state index in [1.807, 2.05) is 32.9 Å². The van der Waals surface area contributed by atoms with Gasteiger partial charge in [-0.2, -0.15) is 0 Å². The van der Waals surface area contributed by atoms with Crippen molar-refractivity contribution in [2.45, 2.75) is 64.1 Å². The van der Waals surface area contributed by atoms with Crippen LogP contribution in [0.15, 0.2) is 17.1 Å². The van der Waals surface area contributed by atoms with Gasteiger partial charge < -0.3 is 24.8 Å². The van der Waals surface area contributed by atoms with E-state index in [-0.39, 0.29) is 24.0 Å². The summed E-state index contributed by atoms with van der Waals surface area (Å²) in [6.07, 6.45) is 3.47. The molecule has 3 heterocycles. The Hall–Kier alpha value is -1.99. The molecule has 2 saturated heterocycles. The monoisotopic (exact) mass is 449 g/mol. The maximum atomic E-state index is 12.8. The topological polar surface area (TPSA) is 86.4 Å². The van der Waals surface area contributed by atoms with Gasteiger partial charge >= 0.3 is 6.09 Å². The number of amides is 1. The lowest BCUT2D eigenvalue weighted by Gasteiger charge is -2.31. The summed E-state index contributed by atoms with van der Waals surface area (Å²) >= 11 is 6.84. The van der Waals surface area contributed by atoms with Crippen LogP contribution in [0.5, 0.6) is 5.75 Å². The van der Waals surface area contributed by atoms with Crippen LogP contribution in [0.4, 0.5) is 10.5 Å². The van der Waals surface area contributed by atoms with Crippen LogP contribution < -0.4 is 10.5 Å². The lowest BCUT2D eigenvalue weighted by atomic mass is 9.83. The predicted octanol–water partition coefficient (Wildman–Crippen LogP) is 4.63. The van der Waals surface area contributed by atoms with Crippen molar-refractivity contribution in [3.05, 3.63) is 22.7 Å². The number of aliphatic imine (C=N–C) groups is 1. The van der Waals surface area contributed by atoms with Crippen LogP contribution in [0.25, 0.3) is 0 Å². The Morgan fingerprint density at radius 2 is 2.10 bits per heavy atom. The molecular weight excluding hydrogens is 418 g/mol. The first-order valence-electron chi connectivity index (χ1n) is 11.1. The van der Waals surface area contributed by atoms with Gasteiger partial charge in [0.15, 0.2) is 0 Å². The molecule has 0 radical (unpaired) electrons. The highest BCUT2D eigenvalue weighted by atomic mass is 35.5. The Kier molecular flexibility index (Phi) is 6.35. The maximum absolute atomic E-state index is 12.8. The van der Waals surface area contributed by atoms with E-state index in [9.17, 15) is 4.79 Å². The van der Waals surface area contributed by atoms with Crippen molar-refractivity contribution in [3.63, 3.8) is 0 Å². The quantitative estimate of drug-likeness (QED) is 0.726. The molecule has 0 spiro atoms. The lowest BCUT2D eigenvalue weighted by molar-refractivity contribution is 0.0232. The van der Waals surface area contributed by atoms with E-state index in [1.165, 1.54) is 0 Å². The fourth-order valence-electron chi connectivity index (χ4n) is 4.61. The summed E-state index contributed by atoms with van der Waals surface area (Å²) in [5.41, 5.74) is 7.58. The molecule has 2 N–H and O–H groups in total. The Morgan fingerprint density at radius 3 is 2.81 bits per heavy atom. The highest BCUT2D eigenvalue weighted by Gasteiger charge is 2.38. The average molecular weight is 450 g/mol. The summed E-state index contributed by atoms with van der Waals surface area (Å²) in [4.78, 5) is 19.2. The van der Waals surface area contributed by atoms with Crippen molar-refractivity contribution in [2.24, 2.45) is 16.6 Å². The number of hydrogen-bond acceptors (Lipinski definition) is 6. The SMILES string of the molecule is CC(C)(C)OC(=O)N1CCCC[C@@H](C2C(N)=Nc3ccc(O[C@@H]4CCOC4)c(Cl)c32)C1. The average Bonchev–Trinajstić information content (AvgIpc) is 3.23. The number of halogens is 1. The van der Waals surface area contributed by atoms with E-state index in [0.717, 1.165) is 36.9 Å². The van der Waals surface area contributed by atoms with E-state index >= 15 is 0 Å². The first-order chi connectivity index (χ1) is 14.7. The van der Waals surface area contributed by atoms with Crippen molar-refractivity contribution >= 4 is 29.2 Å². The zero-order chi connectivity index (χ0) is 22.2. The third-order valence-corrected chi connectivity index (χ3v) is 6.40. The highest BCUT2D eigenvalue weighted by molar-refractivity contribution is 6.34. The number of carbonyl (C=O) groups is 1. The molecule has 1 amide bonds. The molecule has 0 bridgehead atoms. The van der Waals surface area contributed by atoms with Crippen molar-refractivity contribution < 1.29 is 19.0 Å². The molecule has 170 valence electrons. The van der Waals surface area contributed by atoms with Gasteiger partial charge in [0.25, 0.3) is 0 Å². The minimum atomic E-state index is -0.529. The number of fused-ring (bicyclic) bond motifs is 1. The molecule has 0 aromatic heterocycles. The molecule has 31 heavy (non-hydrogen) atoms. The zero-order valence-corrected chi connectivity index (χ0v) is 19.3. The van der Waals surface area contributed by atoms with Gasteiger partial charge in [0.05, 0.1) is 23.9 Å². The molecule has 1 unspecified atom stereocenters. The molecule has 1 aromatic rings. The fourth-order valence-corrected chi connectivity index (χ4v) is 4.93. The first kappa shape index (κ1) is 22.2. The number of nitrogens with zero attached hydrogens (tertiary/aromatic N) is 2. The van der Waals surface area contributed by atoms with Gasteiger partial charge in [0.1, 0.15) is 23.3 Å². The van der Waals surface area contributed by atoms with E-state index in [1.54, 1.807) is 4.90 Å². The summed E-state index contributed by atoms with van der Waals surface area (Å²) in [5.74, 6) is 1.16. The minimum Gasteiger partial charge on any atom is -0.486 e. The number of likely N-dealkylation sites (tertiary alicyclic amines) is 1. The second kappa shape index (κ2) is 8.87. The molecular formula is C23H32ClN3O4.